The third-order valence-corrected chi connectivity index (χ3v) is 4.82. The summed E-state index contributed by atoms with van der Waals surface area (Å²) in [4.78, 5) is 12.0. The van der Waals surface area contributed by atoms with Crippen molar-refractivity contribution in [1.82, 2.24) is 5.32 Å². The van der Waals surface area contributed by atoms with Crippen LogP contribution in [0.2, 0.25) is 0 Å². The molecule has 0 aromatic heterocycles. The summed E-state index contributed by atoms with van der Waals surface area (Å²) in [6.07, 6.45) is 1.42. The number of hydrogen-bond acceptors (Lipinski definition) is 4. The lowest BCUT2D eigenvalue weighted by Crippen LogP contribution is -2.24. The first kappa shape index (κ1) is 18.7. The number of hydrogen-bond donors (Lipinski definition) is 3. The molecule has 1 unspecified atom stereocenters. The average molecular weight is 348 g/mol. The number of halogens is 1. The van der Waals surface area contributed by atoms with Crippen LogP contribution >= 0.6 is 12.4 Å². The molecule has 0 radical (unpaired) electrons. The van der Waals surface area contributed by atoms with Gasteiger partial charge in [0.2, 0.25) is 15.9 Å². The van der Waals surface area contributed by atoms with Gasteiger partial charge in [-0.15, -0.1) is 12.4 Å². The standard InChI is InChI=1S/C14H21N3O3S.ClH/c1-2-9-21(19,20)17-13-5-3-12(4-6-13)16-14(18)11-7-8-15-10-11;/h3-6,11,15,17H,2,7-10H2,1H3,(H,16,18);1H. The summed E-state index contributed by atoms with van der Waals surface area (Å²) in [5, 5.41) is 5.99. The summed E-state index contributed by atoms with van der Waals surface area (Å²) in [5.74, 6) is 0.104. The second-order valence-electron chi connectivity index (χ2n) is 5.18. The molecular weight excluding hydrogens is 326 g/mol. The second-order valence-corrected chi connectivity index (χ2v) is 7.02. The normalized spacial score (nSPS) is 17.6. The Balaban J connectivity index is 0.00000242. The Kier molecular flexibility index (Phi) is 7.12. The summed E-state index contributed by atoms with van der Waals surface area (Å²) in [7, 11) is -3.28. The van der Waals surface area contributed by atoms with Gasteiger partial charge in [0.1, 0.15) is 0 Å². The number of carbonyl (C=O) groups excluding carboxylic acids is 1. The molecular formula is C14H22ClN3O3S. The molecule has 1 aromatic carbocycles. The maximum absolute atomic E-state index is 12.0. The molecule has 1 saturated heterocycles. The second kappa shape index (κ2) is 8.36. The highest BCUT2D eigenvalue weighted by atomic mass is 35.5. The molecule has 1 aromatic rings. The van der Waals surface area contributed by atoms with Crippen molar-refractivity contribution >= 4 is 39.7 Å². The molecule has 6 nitrogen and oxygen atoms in total. The largest absolute Gasteiger partial charge is 0.326 e. The van der Waals surface area contributed by atoms with Crippen LogP contribution in [-0.4, -0.2) is 33.2 Å². The predicted octanol–water partition coefficient (Wildman–Crippen LogP) is 1.81. The van der Waals surface area contributed by atoms with E-state index in [-0.39, 0.29) is 30.0 Å². The first-order valence-corrected chi connectivity index (χ1v) is 8.77. The molecule has 0 aliphatic carbocycles. The zero-order valence-corrected chi connectivity index (χ0v) is 14.1. The third-order valence-electron chi connectivity index (χ3n) is 3.33. The van der Waals surface area contributed by atoms with Gasteiger partial charge in [0, 0.05) is 17.9 Å². The van der Waals surface area contributed by atoms with Crippen molar-refractivity contribution in [2.75, 3.05) is 28.9 Å². The summed E-state index contributed by atoms with van der Waals surface area (Å²) < 4.78 is 25.8. The van der Waals surface area contributed by atoms with E-state index in [9.17, 15) is 13.2 Å². The predicted molar refractivity (Wildman–Crippen MR) is 91.0 cm³/mol. The van der Waals surface area contributed by atoms with Gasteiger partial charge in [-0.25, -0.2) is 8.42 Å². The number of benzene rings is 1. The lowest BCUT2D eigenvalue weighted by Gasteiger charge is -2.11. The van der Waals surface area contributed by atoms with Crippen molar-refractivity contribution in [2.24, 2.45) is 5.92 Å². The van der Waals surface area contributed by atoms with E-state index in [4.69, 9.17) is 0 Å². The quantitative estimate of drug-likeness (QED) is 0.732. The number of nitrogens with one attached hydrogen (secondary N) is 3. The molecule has 1 fully saturated rings. The maximum atomic E-state index is 12.0. The highest BCUT2D eigenvalue weighted by molar-refractivity contribution is 7.92. The van der Waals surface area contributed by atoms with Crippen LogP contribution in [0.5, 0.6) is 0 Å². The van der Waals surface area contributed by atoms with Crippen LogP contribution in [-0.2, 0) is 14.8 Å². The zero-order valence-electron chi connectivity index (χ0n) is 12.5. The minimum Gasteiger partial charge on any atom is -0.326 e. The number of carbonyl (C=O) groups is 1. The van der Waals surface area contributed by atoms with Gasteiger partial charge in [-0.2, -0.15) is 0 Å². The van der Waals surface area contributed by atoms with Gasteiger partial charge < -0.3 is 10.6 Å². The fraction of sp³-hybridized carbons (Fsp3) is 0.500. The fourth-order valence-corrected chi connectivity index (χ4v) is 3.38. The van der Waals surface area contributed by atoms with Crippen molar-refractivity contribution in [2.45, 2.75) is 19.8 Å². The Hall–Kier alpha value is -1.31. The van der Waals surface area contributed by atoms with Crippen molar-refractivity contribution in [1.29, 1.82) is 0 Å². The van der Waals surface area contributed by atoms with Crippen LogP contribution in [0.4, 0.5) is 11.4 Å². The molecule has 1 aliphatic heterocycles. The van der Waals surface area contributed by atoms with Gasteiger partial charge >= 0.3 is 0 Å². The maximum Gasteiger partial charge on any atom is 0.232 e. The van der Waals surface area contributed by atoms with Crippen LogP contribution in [0.15, 0.2) is 24.3 Å². The van der Waals surface area contributed by atoms with Crippen LogP contribution in [0.1, 0.15) is 19.8 Å². The van der Waals surface area contributed by atoms with E-state index >= 15 is 0 Å². The smallest absolute Gasteiger partial charge is 0.232 e. The highest BCUT2D eigenvalue weighted by Gasteiger charge is 2.22. The lowest BCUT2D eigenvalue weighted by atomic mass is 10.1. The van der Waals surface area contributed by atoms with Crippen LogP contribution in [0.25, 0.3) is 0 Å². The van der Waals surface area contributed by atoms with E-state index in [0.717, 1.165) is 13.0 Å². The van der Waals surface area contributed by atoms with Crippen molar-refractivity contribution in [3.63, 3.8) is 0 Å². The number of amides is 1. The molecule has 22 heavy (non-hydrogen) atoms. The molecule has 1 atom stereocenters. The number of anilines is 2. The van der Waals surface area contributed by atoms with E-state index < -0.39 is 10.0 Å². The Bertz CT molecular complexity index is 584. The zero-order chi connectivity index (χ0) is 15.3. The molecule has 0 bridgehead atoms. The summed E-state index contributed by atoms with van der Waals surface area (Å²) in [5.41, 5.74) is 1.18. The van der Waals surface area contributed by atoms with Crippen LogP contribution < -0.4 is 15.4 Å². The first-order chi connectivity index (χ1) is 10.00. The van der Waals surface area contributed by atoms with E-state index in [1.54, 1.807) is 24.3 Å². The first-order valence-electron chi connectivity index (χ1n) is 7.12. The molecule has 2 rings (SSSR count). The molecule has 0 saturated carbocycles. The topological polar surface area (TPSA) is 87.3 Å². The van der Waals surface area contributed by atoms with Crippen molar-refractivity contribution < 1.29 is 13.2 Å². The summed E-state index contributed by atoms with van der Waals surface area (Å²) >= 11 is 0. The highest BCUT2D eigenvalue weighted by Crippen LogP contribution is 2.17. The van der Waals surface area contributed by atoms with Crippen LogP contribution in [0, 0.1) is 5.92 Å². The average Bonchev–Trinajstić information content (AvgIpc) is 2.94. The molecule has 1 aliphatic rings. The molecule has 1 heterocycles. The SMILES string of the molecule is CCCS(=O)(=O)Nc1ccc(NC(=O)C2CCNC2)cc1.Cl. The van der Waals surface area contributed by atoms with Gasteiger partial charge in [0.05, 0.1) is 11.7 Å². The van der Waals surface area contributed by atoms with E-state index in [1.165, 1.54) is 0 Å². The number of sulfonamides is 1. The monoisotopic (exact) mass is 347 g/mol. The lowest BCUT2D eigenvalue weighted by molar-refractivity contribution is -0.119. The third kappa shape index (κ3) is 5.47. The Morgan fingerprint density at radius 3 is 2.45 bits per heavy atom. The molecule has 3 N–H and O–H groups in total. The Labute approximate surface area is 137 Å². The minimum atomic E-state index is -3.28. The van der Waals surface area contributed by atoms with Crippen LogP contribution in [0.3, 0.4) is 0 Å². The molecule has 0 spiro atoms. The Morgan fingerprint density at radius 1 is 1.27 bits per heavy atom. The van der Waals surface area contributed by atoms with Crippen molar-refractivity contribution in [3.8, 4) is 0 Å². The van der Waals surface area contributed by atoms with Gasteiger partial charge in [0.25, 0.3) is 0 Å². The Morgan fingerprint density at radius 2 is 1.91 bits per heavy atom. The van der Waals surface area contributed by atoms with Gasteiger partial charge in [0.15, 0.2) is 0 Å². The summed E-state index contributed by atoms with van der Waals surface area (Å²) in [6.45, 7) is 3.40. The van der Waals surface area contributed by atoms with E-state index in [2.05, 4.69) is 15.4 Å². The number of rotatable bonds is 6. The van der Waals surface area contributed by atoms with E-state index in [1.807, 2.05) is 6.92 Å². The van der Waals surface area contributed by atoms with Gasteiger partial charge in [-0.1, -0.05) is 6.92 Å². The molecule has 8 heteroatoms. The summed E-state index contributed by atoms with van der Waals surface area (Å²) in [6, 6.07) is 6.69. The molecule has 1 amide bonds. The minimum absolute atomic E-state index is 0. The molecule has 124 valence electrons. The van der Waals surface area contributed by atoms with Gasteiger partial charge in [-0.3, -0.25) is 9.52 Å². The van der Waals surface area contributed by atoms with Crippen molar-refractivity contribution in [3.05, 3.63) is 24.3 Å². The fourth-order valence-electron chi connectivity index (χ4n) is 2.24. The van der Waals surface area contributed by atoms with Gasteiger partial charge in [-0.05, 0) is 43.7 Å². The van der Waals surface area contributed by atoms with E-state index in [0.29, 0.717) is 24.3 Å².